The Bertz CT molecular complexity index is 1110. The number of ether oxygens (including phenoxy) is 2. The van der Waals surface area contributed by atoms with Crippen LogP contribution in [0.4, 0.5) is 0 Å². The molecule has 1 N–H and O–H groups in total. The zero-order valence-corrected chi connectivity index (χ0v) is 19.3. The van der Waals surface area contributed by atoms with E-state index in [0.717, 1.165) is 44.3 Å². The van der Waals surface area contributed by atoms with Crippen molar-refractivity contribution in [3.63, 3.8) is 0 Å². The number of hydrogen-bond donors (Lipinski definition) is 1. The molecule has 4 unspecified atom stereocenters. The number of nitrogens with one attached hydrogen (secondary N) is 1. The maximum atomic E-state index is 6.12. The lowest BCUT2D eigenvalue weighted by Gasteiger charge is -2.58. The highest BCUT2D eigenvalue weighted by Gasteiger charge is 2.55. The van der Waals surface area contributed by atoms with E-state index in [0.29, 0.717) is 12.0 Å². The summed E-state index contributed by atoms with van der Waals surface area (Å²) in [6.45, 7) is 6.53. The van der Waals surface area contributed by atoms with Crippen LogP contribution in [0, 0.1) is 11.8 Å². The van der Waals surface area contributed by atoms with Crippen molar-refractivity contribution in [2.75, 3.05) is 26.8 Å². The first-order valence-electron chi connectivity index (χ1n) is 12.2. The molecule has 3 fully saturated rings. The second-order valence-electron chi connectivity index (χ2n) is 10.4. The zero-order valence-electron chi connectivity index (χ0n) is 19.3. The van der Waals surface area contributed by atoms with Crippen molar-refractivity contribution in [2.45, 2.75) is 50.7 Å². The maximum Gasteiger partial charge on any atom is 0.119 e. The average Bonchev–Trinajstić information content (AvgIpc) is 3.16. The van der Waals surface area contributed by atoms with Crippen molar-refractivity contribution < 1.29 is 9.47 Å². The average molecular weight is 431 g/mol. The minimum atomic E-state index is 0.184. The fraction of sp³-hybridized carbons (Fsp3) is 0.500. The van der Waals surface area contributed by atoms with Crippen LogP contribution in [0.5, 0.6) is 5.75 Å². The predicted molar refractivity (Wildman–Crippen MR) is 128 cm³/mol. The van der Waals surface area contributed by atoms with Crippen molar-refractivity contribution in [3.8, 4) is 5.75 Å². The van der Waals surface area contributed by atoms with Crippen LogP contribution in [0.25, 0.3) is 10.9 Å². The van der Waals surface area contributed by atoms with Gasteiger partial charge >= 0.3 is 0 Å². The molecule has 0 spiro atoms. The monoisotopic (exact) mass is 430 g/mol. The summed E-state index contributed by atoms with van der Waals surface area (Å²) in [5.74, 6) is 2.44. The Morgan fingerprint density at radius 3 is 2.88 bits per heavy atom. The summed E-state index contributed by atoms with van der Waals surface area (Å²) in [5.41, 5.74) is 5.72. The van der Waals surface area contributed by atoms with E-state index >= 15 is 0 Å². The molecule has 2 aromatic carbocycles. The lowest BCUT2D eigenvalue weighted by atomic mass is 9.57. The van der Waals surface area contributed by atoms with Gasteiger partial charge in [-0.1, -0.05) is 37.3 Å². The van der Waals surface area contributed by atoms with E-state index in [9.17, 15) is 0 Å². The number of aromatic nitrogens is 1. The molecule has 4 bridgehead atoms. The van der Waals surface area contributed by atoms with Crippen LogP contribution >= 0.6 is 0 Å². The number of benzene rings is 2. The lowest BCUT2D eigenvalue weighted by molar-refractivity contribution is -0.0612. The van der Waals surface area contributed by atoms with Crippen molar-refractivity contribution in [3.05, 3.63) is 65.4 Å². The van der Waals surface area contributed by atoms with Gasteiger partial charge in [-0.05, 0) is 66.8 Å². The molecule has 5 atom stereocenters. The largest absolute Gasteiger partial charge is 0.497 e. The maximum absolute atomic E-state index is 6.12. The molecule has 1 aliphatic carbocycles. The third-order valence-electron chi connectivity index (χ3n) is 8.41. The smallest absolute Gasteiger partial charge is 0.119 e. The molecule has 2 saturated heterocycles. The van der Waals surface area contributed by atoms with E-state index in [-0.39, 0.29) is 5.41 Å². The van der Waals surface area contributed by atoms with E-state index < -0.39 is 0 Å². The number of H-pyrrole nitrogens is 1. The van der Waals surface area contributed by atoms with Crippen LogP contribution in [-0.4, -0.2) is 42.7 Å². The summed E-state index contributed by atoms with van der Waals surface area (Å²) in [6.07, 6.45) is 4.93. The Morgan fingerprint density at radius 2 is 2.03 bits per heavy atom. The quantitative estimate of drug-likeness (QED) is 0.539. The van der Waals surface area contributed by atoms with Gasteiger partial charge in [0.05, 0.1) is 13.7 Å². The van der Waals surface area contributed by atoms with Crippen LogP contribution in [0.1, 0.15) is 43.0 Å². The topological polar surface area (TPSA) is 37.5 Å². The third-order valence-corrected chi connectivity index (χ3v) is 8.41. The molecule has 7 rings (SSSR count). The Hall–Kier alpha value is -2.30. The molecular formula is C28H34N2O2. The first-order chi connectivity index (χ1) is 15.7. The Balaban J connectivity index is 1.26. The van der Waals surface area contributed by atoms with Crippen LogP contribution in [0.15, 0.2) is 48.5 Å². The molecule has 0 amide bonds. The van der Waals surface area contributed by atoms with Crippen LogP contribution < -0.4 is 4.74 Å². The molecule has 3 aromatic rings. The highest BCUT2D eigenvalue weighted by molar-refractivity contribution is 5.86. The fourth-order valence-electron chi connectivity index (χ4n) is 7.28. The number of rotatable bonds is 6. The van der Waals surface area contributed by atoms with E-state index in [2.05, 4.69) is 65.3 Å². The van der Waals surface area contributed by atoms with Gasteiger partial charge in [0.15, 0.2) is 0 Å². The molecule has 168 valence electrons. The van der Waals surface area contributed by atoms with Crippen molar-refractivity contribution in [2.24, 2.45) is 11.8 Å². The molecule has 4 heterocycles. The van der Waals surface area contributed by atoms with Crippen LogP contribution in [-0.2, 0) is 23.2 Å². The standard InChI is InChI=1S/C28H34N2O2/c1-28-16-20-14-21(11-13-32-18-19-6-4-3-5-7-19)27(28)30(17-20)12-10-23-24-15-22(31-2)8-9-25(24)29-26(23)28/h3-9,15,20-21,27,29H,10-14,16-18H2,1-2H3/t20-,21?,27?,28?/m0/s1. The summed E-state index contributed by atoms with van der Waals surface area (Å²) in [4.78, 5) is 6.70. The van der Waals surface area contributed by atoms with Gasteiger partial charge < -0.3 is 14.5 Å². The summed E-state index contributed by atoms with van der Waals surface area (Å²) in [5, 5.41) is 1.35. The zero-order chi connectivity index (χ0) is 21.7. The second kappa shape index (κ2) is 7.93. The number of aromatic amines is 1. The number of fused-ring (bicyclic) bond motifs is 4. The van der Waals surface area contributed by atoms with Gasteiger partial charge in [0, 0.05) is 47.8 Å². The van der Waals surface area contributed by atoms with Crippen molar-refractivity contribution in [1.82, 2.24) is 9.88 Å². The third kappa shape index (κ3) is 3.27. The van der Waals surface area contributed by atoms with Crippen molar-refractivity contribution in [1.29, 1.82) is 0 Å². The van der Waals surface area contributed by atoms with Crippen LogP contribution in [0.3, 0.4) is 0 Å². The lowest BCUT2D eigenvalue weighted by Crippen LogP contribution is -2.63. The first kappa shape index (κ1) is 20.3. The minimum absolute atomic E-state index is 0.184. The highest BCUT2D eigenvalue weighted by Crippen LogP contribution is 2.54. The molecule has 1 aromatic heterocycles. The number of piperidine rings is 2. The normalized spacial score (nSPS) is 30.8. The van der Waals surface area contributed by atoms with Crippen LogP contribution in [0.2, 0.25) is 0 Å². The fourth-order valence-corrected chi connectivity index (χ4v) is 7.28. The van der Waals surface area contributed by atoms with Gasteiger partial charge in [-0.25, -0.2) is 0 Å². The summed E-state index contributed by atoms with van der Waals surface area (Å²) in [6, 6.07) is 17.6. The van der Waals surface area contributed by atoms with E-state index in [4.69, 9.17) is 9.47 Å². The van der Waals surface area contributed by atoms with Gasteiger partial charge in [0.25, 0.3) is 0 Å². The van der Waals surface area contributed by atoms with Gasteiger partial charge in [0.1, 0.15) is 5.75 Å². The summed E-state index contributed by atoms with van der Waals surface area (Å²) in [7, 11) is 1.76. The molecule has 4 nitrogen and oxygen atoms in total. The van der Waals surface area contributed by atoms with Gasteiger partial charge in [-0.3, -0.25) is 4.90 Å². The molecule has 4 heteroatoms. The SMILES string of the molecule is COc1ccc2[nH]c3c(c2c1)CCN1C[C@H]2CC(CCOCc4ccccc4)C1C3(C)C2. The molecule has 32 heavy (non-hydrogen) atoms. The highest BCUT2D eigenvalue weighted by atomic mass is 16.5. The van der Waals surface area contributed by atoms with Gasteiger partial charge in [-0.15, -0.1) is 0 Å². The van der Waals surface area contributed by atoms with E-state index in [1.54, 1.807) is 7.11 Å². The molecular weight excluding hydrogens is 396 g/mol. The molecule has 4 aliphatic rings. The number of methoxy groups -OCH3 is 1. The Kier molecular flexibility index (Phi) is 5.03. The van der Waals surface area contributed by atoms with Gasteiger partial charge in [-0.2, -0.15) is 0 Å². The minimum Gasteiger partial charge on any atom is -0.497 e. The molecule has 0 radical (unpaired) electrons. The van der Waals surface area contributed by atoms with E-state index in [1.807, 2.05) is 0 Å². The second-order valence-corrected chi connectivity index (χ2v) is 10.4. The molecule has 1 saturated carbocycles. The van der Waals surface area contributed by atoms with Crippen molar-refractivity contribution >= 4 is 10.9 Å². The predicted octanol–water partition coefficient (Wildman–Crippen LogP) is 5.31. The summed E-state index contributed by atoms with van der Waals surface area (Å²) < 4.78 is 11.7. The Morgan fingerprint density at radius 1 is 1.16 bits per heavy atom. The Labute approximate surface area is 190 Å². The number of hydrogen-bond acceptors (Lipinski definition) is 3. The van der Waals surface area contributed by atoms with E-state index in [1.165, 1.54) is 47.1 Å². The summed E-state index contributed by atoms with van der Waals surface area (Å²) >= 11 is 0. The molecule has 3 aliphatic heterocycles. The van der Waals surface area contributed by atoms with Gasteiger partial charge in [0.2, 0.25) is 0 Å². The first-order valence-corrected chi connectivity index (χ1v) is 12.2. The number of nitrogens with zero attached hydrogens (tertiary/aromatic N) is 1.